The SMILES string of the molecule is CCc1cc(N)c(CC)c(S(=O)(=O)N(CC#N)CC#N)c1. The van der Waals surface area contributed by atoms with Crippen molar-refractivity contribution < 1.29 is 8.42 Å². The van der Waals surface area contributed by atoms with Crippen molar-refractivity contribution in [1.29, 1.82) is 10.5 Å². The highest BCUT2D eigenvalue weighted by molar-refractivity contribution is 7.89. The van der Waals surface area contributed by atoms with Gasteiger partial charge in [-0.2, -0.15) is 14.8 Å². The predicted octanol–water partition coefficient (Wildman–Crippen LogP) is 1.43. The first-order valence-electron chi connectivity index (χ1n) is 6.57. The van der Waals surface area contributed by atoms with E-state index in [1.807, 2.05) is 13.8 Å². The van der Waals surface area contributed by atoms with E-state index in [4.69, 9.17) is 16.3 Å². The first-order valence-corrected chi connectivity index (χ1v) is 8.01. The van der Waals surface area contributed by atoms with Crippen LogP contribution in [0.3, 0.4) is 0 Å². The third-order valence-electron chi connectivity index (χ3n) is 3.18. The van der Waals surface area contributed by atoms with Crippen LogP contribution in [0.25, 0.3) is 0 Å². The summed E-state index contributed by atoms with van der Waals surface area (Å²) in [4.78, 5) is 0.0901. The van der Waals surface area contributed by atoms with Gasteiger partial charge in [0.15, 0.2) is 0 Å². The minimum Gasteiger partial charge on any atom is -0.398 e. The lowest BCUT2D eigenvalue weighted by Gasteiger charge is -2.20. The van der Waals surface area contributed by atoms with Crippen LogP contribution in [0.15, 0.2) is 17.0 Å². The maximum Gasteiger partial charge on any atom is 0.245 e. The Kier molecular flexibility index (Phi) is 5.71. The van der Waals surface area contributed by atoms with E-state index in [-0.39, 0.29) is 18.0 Å². The molecule has 0 aliphatic carbocycles. The standard InChI is InChI=1S/C14H18N4O2S/c1-3-11-9-13(17)12(4-2)14(10-11)21(19,20)18(7-5-15)8-6-16/h9-10H,3-4,7-8,17H2,1-2H3. The average Bonchev–Trinajstić information content (AvgIpc) is 2.46. The number of rotatable bonds is 6. The van der Waals surface area contributed by atoms with E-state index in [9.17, 15) is 8.42 Å². The van der Waals surface area contributed by atoms with Crippen LogP contribution < -0.4 is 5.73 Å². The van der Waals surface area contributed by atoms with Gasteiger partial charge in [-0.1, -0.05) is 13.8 Å². The van der Waals surface area contributed by atoms with Crippen molar-refractivity contribution in [3.05, 3.63) is 23.3 Å². The number of nitrogen functional groups attached to an aromatic ring is 1. The Bertz CT molecular complexity index is 683. The molecular weight excluding hydrogens is 288 g/mol. The van der Waals surface area contributed by atoms with E-state index in [1.54, 1.807) is 24.3 Å². The van der Waals surface area contributed by atoms with Gasteiger partial charge < -0.3 is 5.73 Å². The highest BCUT2D eigenvalue weighted by atomic mass is 32.2. The molecule has 0 heterocycles. The summed E-state index contributed by atoms with van der Waals surface area (Å²) in [6, 6.07) is 6.88. The molecule has 0 atom stereocenters. The van der Waals surface area contributed by atoms with Gasteiger partial charge in [-0.3, -0.25) is 0 Å². The summed E-state index contributed by atoms with van der Waals surface area (Å²) in [5.74, 6) is 0. The molecular formula is C14H18N4O2S. The molecule has 21 heavy (non-hydrogen) atoms. The molecule has 1 rings (SSSR count). The number of nitrogens with zero attached hydrogens (tertiary/aromatic N) is 3. The van der Waals surface area contributed by atoms with E-state index >= 15 is 0 Å². The molecule has 6 nitrogen and oxygen atoms in total. The topological polar surface area (TPSA) is 111 Å². The van der Waals surface area contributed by atoms with Gasteiger partial charge >= 0.3 is 0 Å². The lowest BCUT2D eigenvalue weighted by Crippen LogP contribution is -2.32. The number of hydrogen-bond donors (Lipinski definition) is 1. The molecule has 0 bridgehead atoms. The second kappa shape index (κ2) is 7.07. The van der Waals surface area contributed by atoms with Crippen LogP contribution in [-0.4, -0.2) is 25.8 Å². The van der Waals surface area contributed by atoms with Gasteiger partial charge in [0.05, 0.1) is 17.0 Å². The Balaban J connectivity index is 3.52. The first-order chi connectivity index (χ1) is 9.92. The summed E-state index contributed by atoms with van der Waals surface area (Å²) in [5, 5.41) is 17.5. The Morgan fingerprint density at radius 2 is 1.71 bits per heavy atom. The van der Waals surface area contributed by atoms with E-state index in [2.05, 4.69) is 0 Å². The normalized spacial score (nSPS) is 11.1. The number of hydrogen-bond acceptors (Lipinski definition) is 5. The highest BCUT2D eigenvalue weighted by Crippen LogP contribution is 2.27. The Morgan fingerprint density at radius 3 is 2.14 bits per heavy atom. The molecule has 0 aromatic heterocycles. The van der Waals surface area contributed by atoms with Gasteiger partial charge in [0.25, 0.3) is 0 Å². The average molecular weight is 306 g/mol. The van der Waals surface area contributed by atoms with Crippen LogP contribution >= 0.6 is 0 Å². The summed E-state index contributed by atoms with van der Waals surface area (Å²) in [6.07, 6.45) is 1.10. The quantitative estimate of drug-likeness (QED) is 0.631. The predicted molar refractivity (Wildman–Crippen MR) is 79.6 cm³/mol. The first kappa shape index (κ1) is 17.0. The number of sulfonamides is 1. The van der Waals surface area contributed by atoms with Gasteiger partial charge in [-0.25, -0.2) is 8.42 Å². The molecule has 1 aromatic rings. The fraction of sp³-hybridized carbons (Fsp3) is 0.429. The number of aryl methyl sites for hydroxylation is 1. The molecule has 0 saturated carbocycles. The van der Waals surface area contributed by atoms with Crippen LogP contribution in [0, 0.1) is 22.7 Å². The zero-order chi connectivity index (χ0) is 16.0. The molecule has 0 spiro atoms. The van der Waals surface area contributed by atoms with Gasteiger partial charge in [0.1, 0.15) is 13.1 Å². The Hall–Kier alpha value is -2.09. The molecule has 0 amide bonds. The molecule has 0 unspecified atom stereocenters. The Morgan fingerprint density at radius 1 is 1.14 bits per heavy atom. The summed E-state index contributed by atoms with van der Waals surface area (Å²) in [6.45, 7) is 2.99. The molecule has 112 valence electrons. The summed E-state index contributed by atoms with van der Waals surface area (Å²) in [7, 11) is -3.91. The van der Waals surface area contributed by atoms with Crippen molar-refractivity contribution in [2.45, 2.75) is 31.6 Å². The van der Waals surface area contributed by atoms with Crippen molar-refractivity contribution in [1.82, 2.24) is 4.31 Å². The maximum absolute atomic E-state index is 12.7. The number of anilines is 1. The van der Waals surface area contributed by atoms with Gasteiger partial charge in [0.2, 0.25) is 10.0 Å². The van der Waals surface area contributed by atoms with Gasteiger partial charge in [0, 0.05) is 5.69 Å². The van der Waals surface area contributed by atoms with Crippen molar-refractivity contribution >= 4 is 15.7 Å². The molecule has 0 aliphatic rings. The Labute approximate surface area is 125 Å². The second-order valence-corrected chi connectivity index (χ2v) is 6.36. The number of nitrogens with two attached hydrogens (primary N) is 1. The fourth-order valence-corrected chi connectivity index (χ4v) is 3.67. The van der Waals surface area contributed by atoms with Crippen LogP contribution in [0.5, 0.6) is 0 Å². The summed E-state index contributed by atoms with van der Waals surface area (Å²) in [5.41, 5.74) is 7.68. The number of nitriles is 2. The largest absolute Gasteiger partial charge is 0.398 e. The molecule has 1 aromatic carbocycles. The van der Waals surface area contributed by atoms with Crippen molar-refractivity contribution in [2.75, 3.05) is 18.8 Å². The lowest BCUT2D eigenvalue weighted by molar-refractivity contribution is 0.478. The summed E-state index contributed by atoms with van der Waals surface area (Å²) < 4.78 is 26.2. The van der Waals surface area contributed by atoms with Crippen molar-refractivity contribution in [3.8, 4) is 12.1 Å². The third kappa shape index (κ3) is 3.52. The van der Waals surface area contributed by atoms with Crippen LogP contribution in [-0.2, 0) is 22.9 Å². The minimum atomic E-state index is -3.91. The molecule has 0 radical (unpaired) electrons. The maximum atomic E-state index is 12.7. The fourth-order valence-electron chi connectivity index (χ4n) is 2.06. The van der Waals surface area contributed by atoms with E-state index in [0.29, 0.717) is 24.1 Å². The highest BCUT2D eigenvalue weighted by Gasteiger charge is 2.27. The molecule has 7 heteroatoms. The van der Waals surface area contributed by atoms with E-state index in [0.717, 1.165) is 9.87 Å². The van der Waals surface area contributed by atoms with Crippen molar-refractivity contribution in [2.24, 2.45) is 0 Å². The number of benzene rings is 1. The van der Waals surface area contributed by atoms with Crippen LogP contribution in [0.1, 0.15) is 25.0 Å². The van der Waals surface area contributed by atoms with E-state index in [1.165, 1.54) is 0 Å². The summed E-state index contributed by atoms with van der Waals surface area (Å²) >= 11 is 0. The molecule has 0 fully saturated rings. The second-order valence-electron chi connectivity index (χ2n) is 4.46. The van der Waals surface area contributed by atoms with Gasteiger partial charge in [-0.05, 0) is 36.1 Å². The van der Waals surface area contributed by atoms with Gasteiger partial charge in [-0.15, -0.1) is 0 Å². The van der Waals surface area contributed by atoms with Crippen LogP contribution in [0.4, 0.5) is 5.69 Å². The smallest absolute Gasteiger partial charge is 0.245 e. The lowest BCUT2D eigenvalue weighted by atomic mass is 10.1. The van der Waals surface area contributed by atoms with Crippen LogP contribution in [0.2, 0.25) is 0 Å². The molecule has 0 saturated heterocycles. The molecule has 0 aliphatic heterocycles. The van der Waals surface area contributed by atoms with E-state index < -0.39 is 10.0 Å². The minimum absolute atomic E-state index is 0.0901. The monoisotopic (exact) mass is 306 g/mol. The zero-order valence-corrected chi connectivity index (χ0v) is 12.9. The molecule has 2 N–H and O–H groups in total. The van der Waals surface area contributed by atoms with Crippen molar-refractivity contribution in [3.63, 3.8) is 0 Å². The zero-order valence-electron chi connectivity index (χ0n) is 12.1. The third-order valence-corrected chi connectivity index (χ3v) is 5.04.